The summed E-state index contributed by atoms with van der Waals surface area (Å²) in [5, 5.41) is 11.3. The Hall–Kier alpha value is -1.35. The molecule has 2 aromatic rings. The third-order valence-electron chi connectivity index (χ3n) is 4.87. The van der Waals surface area contributed by atoms with Crippen LogP contribution in [0, 0.1) is 5.92 Å². The molecule has 2 aromatic carbocycles. The van der Waals surface area contributed by atoms with Gasteiger partial charge in [0.05, 0.1) is 11.3 Å². The molecule has 0 bridgehead atoms. The molecular formula is C22H29Cl2NO5S. The van der Waals surface area contributed by atoms with Crippen LogP contribution in [0.4, 0.5) is 0 Å². The maximum absolute atomic E-state index is 10.3. The molecule has 1 aliphatic heterocycles. The number of nitrogens with zero attached hydrogens (tertiary/aromatic N) is 1. The second kappa shape index (κ2) is 12.6. The van der Waals surface area contributed by atoms with Crippen molar-refractivity contribution in [2.45, 2.75) is 25.4 Å². The van der Waals surface area contributed by atoms with Crippen LogP contribution >= 0.6 is 23.2 Å². The van der Waals surface area contributed by atoms with Crippen molar-refractivity contribution in [1.29, 1.82) is 0 Å². The summed E-state index contributed by atoms with van der Waals surface area (Å²) in [5.74, 6) is 1.28. The lowest BCUT2D eigenvalue weighted by atomic mass is 9.90. The van der Waals surface area contributed by atoms with Gasteiger partial charge in [0, 0.05) is 11.6 Å². The Morgan fingerprint density at radius 2 is 1.74 bits per heavy atom. The van der Waals surface area contributed by atoms with Crippen LogP contribution in [0.15, 0.2) is 48.5 Å². The average Bonchev–Trinajstić information content (AvgIpc) is 2.68. The number of β-amino-alcohol motifs (C(OH)–C–C–N with tert-alkyl or cyclic N) is 1. The van der Waals surface area contributed by atoms with E-state index in [1.165, 1.54) is 18.4 Å². The Kier molecular flexibility index (Phi) is 10.6. The molecule has 1 aliphatic rings. The highest BCUT2D eigenvalue weighted by Gasteiger charge is 2.21. The predicted octanol–water partition coefficient (Wildman–Crippen LogP) is 4.19. The number of piperidine rings is 1. The number of hydrogen-bond donors (Lipinski definition) is 2. The fourth-order valence-electron chi connectivity index (χ4n) is 3.45. The van der Waals surface area contributed by atoms with Gasteiger partial charge in [-0.25, -0.2) is 0 Å². The van der Waals surface area contributed by atoms with Crippen molar-refractivity contribution in [3.63, 3.8) is 0 Å². The number of aliphatic hydroxyl groups excluding tert-OH is 1. The first-order valence-corrected chi connectivity index (χ1v) is 12.6. The van der Waals surface area contributed by atoms with E-state index >= 15 is 0 Å². The maximum atomic E-state index is 10.3. The molecule has 31 heavy (non-hydrogen) atoms. The summed E-state index contributed by atoms with van der Waals surface area (Å²) in [4.78, 5) is 2.32. The summed E-state index contributed by atoms with van der Waals surface area (Å²) in [5.41, 5.74) is 1.42. The molecule has 172 valence electrons. The second-order valence-electron chi connectivity index (χ2n) is 7.71. The van der Waals surface area contributed by atoms with Gasteiger partial charge in [0.15, 0.2) is 0 Å². The van der Waals surface area contributed by atoms with Gasteiger partial charge in [-0.15, -0.1) is 0 Å². The maximum Gasteiger partial charge on any atom is 0.261 e. The minimum atomic E-state index is -3.67. The SMILES string of the molecule is CS(=O)(=O)O.OC(COc1ccc(Cl)cc1Cl)CN1CCC(Cc2ccccc2)CC1. The van der Waals surface area contributed by atoms with Crippen LogP contribution in [-0.4, -0.2) is 61.6 Å². The van der Waals surface area contributed by atoms with Gasteiger partial charge in [-0.1, -0.05) is 53.5 Å². The Labute approximate surface area is 194 Å². The Bertz CT molecular complexity index is 895. The van der Waals surface area contributed by atoms with E-state index in [1.807, 2.05) is 0 Å². The van der Waals surface area contributed by atoms with Crippen LogP contribution in [-0.2, 0) is 16.5 Å². The minimum absolute atomic E-state index is 0.227. The number of likely N-dealkylation sites (tertiary alicyclic amines) is 1. The lowest BCUT2D eigenvalue weighted by Gasteiger charge is -2.33. The van der Waals surface area contributed by atoms with Gasteiger partial charge < -0.3 is 14.7 Å². The lowest BCUT2D eigenvalue weighted by molar-refractivity contribution is 0.0551. The van der Waals surface area contributed by atoms with Crippen molar-refractivity contribution in [1.82, 2.24) is 4.90 Å². The van der Waals surface area contributed by atoms with Crippen molar-refractivity contribution >= 4 is 33.3 Å². The van der Waals surface area contributed by atoms with Crippen molar-refractivity contribution in [3.8, 4) is 5.75 Å². The highest BCUT2D eigenvalue weighted by Crippen LogP contribution is 2.27. The molecule has 1 unspecified atom stereocenters. The minimum Gasteiger partial charge on any atom is -0.489 e. The Morgan fingerprint density at radius 1 is 1.13 bits per heavy atom. The summed E-state index contributed by atoms with van der Waals surface area (Å²) >= 11 is 12.0. The number of aliphatic hydroxyl groups is 1. The van der Waals surface area contributed by atoms with E-state index < -0.39 is 16.2 Å². The summed E-state index contributed by atoms with van der Waals surface area (Å²) in [6.07, 6.45) is 3.67. The van der Waals surface area contributed by atoms with E-state index in [9.17, 15) is 13.5 Å². The quantitative estimate of drug-likeness (QED) is 0.566. The molecule has 1 fully saturated rings. The molecular weight excluding hydrogens is 461 g/mol. The summed E-state index contributed by atoms with van der Waals surface area (Å²) in [6.45, 7) is 2.90. The highest BCUT2D eigenvalue weighted by atomic mass is 35.5. The Balaban J connectivity index is 0.000000614. The van der Waals surface area contributed by atoms with Crippen LogP contribution in [0.3, 0.4) is 0 Å². The first-order chi connectivity index (χ1) is 14.6. The smallest absolute Gasteiger partial charge is 0.261 e. The molecule has 1 heterocycles. The predicted molar refractivity (Wildman–Crippen MR) is 125 cm³/mol. The zero-order valence-corrected chi connectivity index (χ0v) is 19.8. The van der Waals surface area contributed by atoms with Crippen molar-refractivity contribution < 1.29 is 22.8 Å². The number of ether oxygens (including phenoxy) is 1. The van der Waals surface area contributed by atoms with Crippen LogP contribution in [0.25, 0.3) is 0 Å². The van der Waals surface area contributed by atoms with E-state index in [0.717, 1.165) is 25.4 Å². The fourth-order valence-corrected chi connectivity index (χ4v) is 3.91. The van der Waals surface area contributed by atoms with Gasteiger partial charge in [-0.05, 0) is 62.0 Å². The number of halogens is 2. The van der Waals surface area contributed by atoms with E-state index in [1.54, 1.807) is 18.2 Å². The van der Waals surface area contributed by atoms with Crippen LogP contribution in [0.2, 0.25) is 10.0 Å². The van der Waals surface area contributed by atoms with E-state index in [0.29, 0.717) is 28.6 Å². The van der Waals surface area contributed by atoms with Crippen LogP contribution < -0.4 is 4.74 Å². The zero-order chi connectivity index (χ0) is 22.9. The highest BCUT2D eigenvalue weighted by molar-refractivity contribution is 7.85. The monoisotopic (exact) mass is 489 g/mol. The first kappa shape index (κ1) is 25.9. The summed E-state index contributed by atoms with van der Waals surface area (Å²) < 4.78 is 31.5. The molecule has 1 saturated heterocycles. The molecule has 1 atom stereocenters. The first-order valence-electron chi connectivity index (χ1n) is 10.0. The Morgan fingerprint density at radius 3 is 2.32 bits per heavy atom. The molecule has 0 radical (unpaired) electrons. The topological polar surface area (TPSA) is 87.1 Å². The number of hydrogen-bond acceptors (Lipinski definition) is 5. The summed E-state index contributed by atoms with van der Waals surface area (Å²) in [6, 6.07) is 15.8. The van der Waals surface area contributed by atoms with E-state index in [-0.39, 0.29) is 6.61 Å². The van der Waals surface area contributed by atoms with Crippen molar-refractivity contribution in [3.05, 3.63) is 64.1 Å². The van der Waals surface area contributed by atoms with Crippen molar-refractivity contribution in [2.75, 3.05) is 32.5 Å². The largest absolute Gasteiger partial charge is 0.489 e. The third-order valence-corrected chi connectivity index (χ3v) is 5.40. The summed E-state index contributed by atoms with van der Waals surface area (Å²) in [7, 11) is -3.67. The third kappa shape index (κ3) is 11.2. The van der Waals surface area contributed by atoms with Gasteiger partial charge >= 0.3 is 0 Å². The number of rotatable bonds is 7. The van der Waals surface area contributed by atoms with Gasteiger partial charge in [-0.3, -0.25) is 4.55 Å². The van der Waals surface area contributed by atoms with Crippen LogP contribution in [0.5, 0.6) is 5.75 Å². The number of benzene rings is 2. The molecule has 2 N–H and O–H groups in total. The molecule has 0 spiro atoms. The van der Waals surface area contributed by atoms with Crippen molar-refractivity contribution in [2.24, 2.45) is 5.92 Å². The van der Waals surface area contributed by atoms with E-state index in [2.05, 4.69) is 35.2 Å². The normalized spacial score (nSPS) is 16.3. The molecule has 0 aromatic heterocycles. The molecule has 9 heteroatoms. The average molecular weight is 490 g/mol. The molecule has 0 amide bonds. The van der Waals surface area contributed by atoms with Gasteiger partial charge in [0.1, 0.15) is 18.5 Å². The molecule has 0 saturated carbocycles. The van der Waals surface area contributed by atoms with E-state index in [4.69, 9.17) is 32.5 Å². The van der Waals surface area contributed by atoms with Gasteiger partial charge in [-0.2, -0.15) is 8.42 Å². The second-order valence-corrected chi connectivity index (χ2v) is 10.0. The molecule has 6 nitrogen and oxygen atoms in total. The van der Waals surface area contributed by atoms with Crippen LogP contribution in [0.1, 0.15) is 18.4 Å². The standard InChI is InChI=1S/C21H25Cl2NO2.CH4O3S/c22-18-6-7-21(20(23)13-18)26-15-19(25)14-24-10-8-17(9-11-24)12-16-4-2-1-3-5-16;1-5(2,3)4/h1-7,13,17,19,25H,8-12,14-15H2;1H3,(H,2,3,4). The van der Waals surface area contributed by atoms with Gasteiger partial charge in [0.2, 0.25) is 0 Å². The van der Waals surface area contributed by atoms with Gasteiger partial charge in [0.25, 0.3) is 10.1 Å². The molecule has 3 rings (SSSR count). The fraction of sp³-hybridized carbons (Fsp3) is 0.455. The lowest BCUT2D eigenvalue weighted by Crippen LogP contribution is -2.41. The molecule has 0 aliphatic carbocycles. The zero-order valence-electron chi connectivity index (χ0n) is 17.5.